The summed E-state index contributed by atoms with van der Waals surface area (Å²) in [6, 6.07) is 14.9. The highest BCUT2D eigenvalue weighted by Crippen LogP contribution is 2.23. The molecule has 2 N–H and O–H groups in total. The van der Waals surface area contributed by atoms with Crippen LogP contribution >= 0.6 is 0 Å². The predicted octanol–water partition coefficient (Wildman–Crippen LogP) is 3.88. The van der Waals surface area contributed by atoms with Crippen LogP contribution in [-0.4, -0.2) is 17.1 Å². The molecule has 4 heteroatoms. The number of anilines is 1. The lowest BCUT2D eigenvalue weighted by molar-refractivity contribution is -0.138. The van der Waals surface area contributed by atoms with E-state index in [0.717, 1.165) is 5.56 Å². The van der Waals surface area contributed by atoms with E-state index >= 15 is 0 Å². The van der Waals surface area contributed by atoms with Gasteiger partial charge in [0.25, 0.3) is 0 Å². The zero-order chi connectivity index (χ0) is 15.2. The van der Waals surface area contributed by atoms with Gasteiger partial charge in [0.2, 0.25) is 0 Å². The highest BCUT2D eigenvalue weighted by Gasteiger charge is 2.22. The number of benzene rings is 2. The standard InChI is InChI=1S/C17H18FNO2/c1-12(13-7-3-2-4-8-13)11-16(17(20)21)19-15-10-6-5-9-14(15)18/h2-10,12,16,19H,11H2,1H3,(H,20,21). The van der Waals surface area contributed by atoms with Gasteiger partial charge >= 0.3 is 5.97 Å². The summed E-state index contributed by atoms with van der Waals surface area (Å²) in [6.45, 7) is 1.97. The number of rotatable bonds is 6. The lowest BCUT2D eigenvalue weighted by Gasteiger charge is -2.20. The van der Waals surface area contributed by atoms with Gasteiger partial charge < -0.3 is 10.4 Å². The van der Waals surface area contributed by atoms with Gasteiger partial charge in [-0.15, -0.1) is 0 Å². The van der Waals surface area contributed by atoms with E-state index in [9.17, 15) is 14.3 Å². The van der Waals surface area contributed by atoms with Gasteiger partial charge in [0, 0.05) is 0 Å². The zero-order valence-electron chi connectivity index (χ0n) is 11.8. The van der Waals surface area contributed by atoms with Crippen molar-refractivity contribution in [2.75, 3.05) is 5.32 Å². The minimum atomic E-state index is -0.985. The van der Waals surface area contributed by atoms with Crippen molar-refractivity contribution in [2.24, 2.45) is 0 Å². The Hall–Kier alpha value is -2.36. The van der Waals surface area contributed by atoms with Crippen LogP contribution in [0, 0.1) is 5.82 Å². The molecule has 0 aliphatic rings. The van der Waals surface area contributed by atoms with Crippen LogP contribution in [0.25, 0.3) is 0 Å². The number of carboxylic acids is 1. The van der Waals surface area contributed by atoms with Gasteiger partial charge in [-0.25, -0.2) is 9.18 Å². The van der Waals surface area contributed by atoms with Crippen LogP contribution in [0.5, 0.6) is 0 Å². The third-order valence-corrected chi connectivity index (χ3v) is 3.46. The second-order valence-electron chi connectivity index (χ2n) is 5.06. The van der Waals surface area contributed by atoms with E-state index in [1.54, 1.807) is 18.2 Å². The number of carboxylic acid groups (broad SMARTS) is 1. The molecule has 110 valence electrons. The lowest BCUT2D eigenvalue weighted by Crippen LogP contribution is -2.31. The van der Waals surface area contributed by atoms with E-state index in [1.807, 2.05) is 37.3 Å². The zero-order valence-corrected chi connectivity index (χ0v) is 11.8. The van der Waals surface area contributed by atoms with Crippen LogP contribution in [0.1, 0.15) is 24.8 Å². The molecule has 3 nitrogen and oxygen atoms in total. The number of para-hydroxylation sites is 1. The fourth-order valence-electron chi connectivity index (χ4n) is 2.26. The third kappa shape index (κ3) is 4.05. The van der Waals surface area contributed by atoms with E-state index in [4.69, 9.17) is 0 Å². The number of hydrogen-bond acceptors (Lipinski definition) is 2. The monoisotopic (exact) mass is 287 g/mol. The summed E-state index contributed by atoms with van der Waals surface area (Å²) < 4.78 is 13.6. The van der Waals surface area contributed by atoms with E-state index in [0.29, 0.717) is 6.42 Å². The number of nitrogens with one attached hydrogen (secondary N) is 1. The third-order valence-electron chi connectivity index (χ3n) is 3.46. The molecule has 2 unspecified atom stereocenters. The van der Waals surface area contributed by atoms with Crippen molar-refractivity contribution in [3.05, 3.63) is 66.0 Å². The highest BCUT2D eigenvalue weighted by molar-refractivity contribution is 5.77. The molecule has 2 aromatic carbocycles. The highest BCUT2D eigenvalue weighted by atomic mass is 19.1. The smallest absolute Gasteiger partial charge is 0.326 e. The summed E-state index contributed by atoms with van der Waals surface area (Å²) in [5.41, 5.74) is 1.28. The molecule has 0 bridgehead atoms. The molecule has 0 fully saturated rings. The Labute approximate surface area is 123 Å². The molecule has 0 radical (unpaired) electrons. The summed E-state index contributed by atoms with van der Waals surface area (Å²) in [5, 5.41) is 12.1. The van der Waals surface area contributed by atoms with Gasteiger partial charge in [-0.3, -0.25) is 0 Å². The average Bonchev–Trinajstić information content (AvgIpc) is 2.49. The molecule has 0 spiro atoms. The van der Waals surface area contributed by atoms with Crippen LogP contribution in [-0.2, 0) is 4.79 Å². The second kappa shape index (κ2) is 6.88. The van der Waals surface area contributed by atoms with Crippen LogP contribution in [0.2, 0.25) is 0 Å². The molecule has 2 rings (SSSR count). The van der Waals surface area contributed by atoms with Crippen LogP contribution in [0.4, 0.5) is 10.1 Å². The summed E-state index contributed by atoms with van der Waals surface area (Å²) in [5.74, 6) is -1.37. The molecule has 0 saturated carbocycles. The molecular formula is C17H18FNO2. The Morgan fingerprint density at radius 3 is 2.38 bits per heavy atom. The summed E-state index contributed by atoms with van der Waals surface area (Å²) in [6.07, 6.45) is 0.383. The van der Waals surface area contributed by atoms with Gasteiger partial charge in [-0.05, 0) is 30.0 Å². The SMILES string of the molecule is CC(CC(Nc1ccccc1F)C(=O)O)c1ccccc1. The number of hydrogen-bond donors (Lipinski definition) is 2. The Balaban J connectivity index is 2.10. The van der Waals surface area contributed by atoms with E-state index in [1.165, 1.54) is 6.07 Å². The topological polar surface area (TPSA) is 49.3 Å². The van der Waals surface area contributed by atoms with E-state index in [-0.39, 0.29) is 11.6 Å². The predicted molar refractivity (Wildman–Crippen MR) is 80.9 cm³/mol. The fraction of sp³-hybridized carbons (Fsp3) is 0.235. The van der Waals surface area contributed by atoms with Crippen molar-refractivity contribution < 1.29 is 14.3 Å². The van der Waals surface area contributed by atoms with E-state index < -0.39 is 17.8 Å². The summed E-state index contributed by atoms with van der Waals surface area (Å²) in [4.78, 5) is 11.4. The van der Waals surface area contributed by atoms with Crippen molar-refractivity contribution in [3.63, 3.8) is 0 Å². The molecule has 0 amide bonds. The number of carbonyl (C=O) groups is 1. The summed E-state index contributed by atoms with van der Waals surface area (Å²) in [7, 11) is 0. The Morgan fingerprint density at radius 1 is 1.14 bits per heavy atom. The Bertz CT molecular complexity index is 601. The fourth-order valence-corrected chi connectivity index (χ4v) is 2.26. The maximum atomic E-state index is 13.6. The van der Waals surface area contributed by atoms with E-state index in [2.05, 4.69) is 5.32 Å². The van der Waals surface area contributed by atoms with Crippen LogP contribution < -0.4 is 5.32 Å². The molecule has 0 heterocycles. The minimum absolute atomic E-state index is 0.0616. The Morgan fingerprint density at radius 2 is 1.76 bits per heavy atom. The molecule has 2 atom stereocenters. The van der Waals surface area contributed by atoms with Crippen molar-refractivity contribution in [2.45, 2.75) is 25.3 Å². The maximum absolute atomic E-state index is 13.6. The average molecular weight is 287 g/mol. The van der Waals surface area contributed by atoms with Crippen molar-refractivity contribution in [1.29, 1.82) is 0 Å². The molecule has 0 saturated heterocycles. The molecule has 21 heavy (non-hydrogen) atoms. The largest absolute Gasteiger partial charge is 0.480 e. The molecular weight excluding hydrogens is 269 g/mol. The van der Waals surface area contributed by atoms with Gasteiger partial charge in [0.15, 0.2) is 0 Å². The molecule has 2 aromatic rings. The minimum Gasteiger partial charge on any atom is -0.480 e. The quantitative estimate of drug-likeness (QED) is 0.847. The summed E-state index contributed by atoms with van der Waals surface area (Å²) >= 11 is 0. The number of halogens is 1. The first-order valence-corrected chi connectivity index (χ1v) is 6.86. The van der Waals surface area contributed by atoms with Gasteiger partial charge in [-0.2, -0.15) is 0 Å². The van der Waals surface area contributed by atoms with Crippen molar-refractivity contribution >= 4 is 11.7 Å². The van der Waals surface area contributed by atoms with Crippen LogP contribution in [0.3, 0.4) is 0 Å². The number of aliphatic carboxylic acids is 1. The molecule has 0 aliphatic heterocycles. The van der Waals surface area contributed by atoms with Crippen LogP contribution in [0.15, 0.2) is 54.6 Å². The second-order valence-corrected chi connectivity index (χ2v) is 5.06. The van der Waals surface area contributed by atoms with Crippen molar-refractivity contribution in [3.8, 4) is 0 Å². The van der Waals surface area contributed by atoms with Gasteiger partial charge in [-0.1, -0.05) is 49.4 Å². The molecule has 0 aromatic heterocycles. The first-order valence-electron chi connectivity index (χ1n) is 6.86. The van der Waals surface area contributed by atoms with Crippen molar-refractivity contribution in [1.82, 2.24) is 0 Å². The Kier molecular flexibility index (Phi) is 4.93. The first kappa shape index (κ1) is 15.0. The van der Waals surface area contributed by atoms with Gasteiger partial charge in [0.05, 0.1) is 5.69 Å². The first-order chi connectivity index (χ1) is 10.1. The normalized spacial score (nSPS) is 13.4. The lowest BCUT2D eigenvalue weighted by atomic mass is 9.94. The maximum Gasteiger partial charge on any atom is 0.326 e. The van der Waals surface area contributed by atoms with Gasteiger partial charge in [0.1, 0.15) is 11.9 Å². The molecule has 0 aliphatic carbocycles.